The maximum absolute atomic E-state index is 12.9. The number of amides is 1. The van der Waals surface area contributed by atoms with E-state index in [0.717, 1.165) is 17.3 Å². The molecule has 0 saturated carbocycles. The van der Waals surface area contributed by atoms with Crippen LogP contribution in [-0.2, 0) is 19.3 Å². The number of nitrogens with zero attached hydrogens (tertiary/aromatic N) is 2. The van der Waals surface area contributed by atoms with Crippen LogP contribution in [0.15, 0.2) is 24.4 Å². The second-order valence-corrected chi connectivity index (χ2v) is 5.06. The van der Waals surface area contributed by atoms with Gasteiger partial charge in [-0.25, -0.2) is 9.97 Å². The molecule has 0 atom stereocenters. The summed E-state index contributed by atoms with van der Waals surface area (Å²) < 4.78 is 38.7. The quantitative estimate of drug-likeness (QED) is 0.803. The van der Waals surface area contributed by atoms with Crippen molar-refractivity contribution in [2.24, 2.45) is 5.73 Å². The number of anilines is 2. The van der Waals surface area contributed by atoms with Crippen LogP contribution in [0.1, 0.15) is 27.2 Å². The number of benzene rings is 1. The summed E-state index contributed by atoms with van der Waals surface area (Å²) in [4.78, 5) is 19.5. The van der Waals surface area contributed by atoms with Gasteiger partial charge in [0, 0.05) is 36.1 Å². The smallest absolute Gasteiger partial charge is 0.366 e. The number of hydrogen-bond donors (Lipinski definition) is 3. The Bertz CT molecular complexity index is 775. The number of nitrogens with two attached hydrogens (primary N) is 1. The van der Waals surface area contributed by atoms with Gasteiger partial charge in [-0.05, 0) is 18.2 Å². The van der Waals surface area contributed by atoms with Crippen molar-refractivity contribution >= 4 is 17.5 Å². The van der Waals surface area contributed by atoms with E-state index in [2.05, 4.69) is 20.6 Å². The number of carbonyl (C=O) groups excluding carboxylic acids is 1. The lowest BCUT2D eigenvalue weighted by Crippen LogP contribution is -2.14. The third-order valence-corrected chi connectivity index (χ3v) is 3.36. The van der Waals surface area contributed by atoms with Gasteiger partial charge in [-0.1, -0.05) is 0 Å². The highest BCUT2D eigenvalue weighted by Crippen LogP contribution is 2.32. The van der Waals surface area contributed by atoms with Gasteiger partial charge in [-0.15, -0.1) is 0 Å². The molecular formula is C14H12F3N5O. The van der Waals surface area contributed by atoms with Gasteiger partial charge in [0.15, 0.2) is 0 Å². The lowest BCUT2D eigenvalue weighted by Gasteiger charge is -2.12. The monoisotopic (exact) mass is 323 g/mol. The van der Waals surface area contributed by atoms with Gasteiger partial charge < -0.3 is 16.4 Å². The largest absolute Gasteiger partial charge is 0.416 e. The van der Waals surface area contributed by atoms with Crippen molar-refractivity contribution in [3.63, 3.8) is 0 Å². The van der Waals surface area contributed by atoms with E-state index in [-0.39, 0.29) is 17.2 Å². The average Bonchev–Trinajstić information content (AvgIpc) is 2.93. The van der Waals surface area contributed by atoms with Gasteiger partial charge in [0.1, 0.15) is 0 Å². The maximum Gasteiger partial charge on any atom is 0.416 e. The molecule has 0 unspecified atom stereocenters. The van der Waals surface area contributed by atoms with Crippen LogP contribution in [0.3, 0.4) is 0 Å². The third-order valence-electron chi connectivity index (χ3n) is 3.36. The molecule has 3 rings (SSSR count). The molecule has 9 heteroatoms. The minimum Gasteiger partial charge on any atom is -0.366 e. The summed E-state index contributed by atoms with van der Waals surface area (Å²) in [5.41, 5.74) is 5.64. The number of aromatic nitrogens is 2. The van der Waals surface area contributed by atoms with Crippen molar-refractivity contribution in [3.8, 4) is 0 Å². The van der Waals surface area contributed by atoms with Gasteiger partial charge in [0.25, 0.3) is 0 Å². The van der Waals surface area contributed by atoms with Crippen molar-refractivity contribution in [3.05, 3.63) is 46.8 Å². The number of alkyl halides is 3. The standard InChI is InChI=1S/C14H12F3N5O/c15-14(16,17)9-1-7(12(18)23)2-10(3-9)21-13-20-5-8-4-19-6-11(8)22-13/h1-3,5,19H,4,6H2,(H2,18,23)(H,20,21,22). The number of hydrogen-bond acceptors (Lipinski definition) is 5. The van der Waals surface area contributed by atoms with E-state index in [1.54, 1.807) is 6.20 Å². The van der Waals surface area contributed by atoms with Crippen LogP contribution in [-0.4, -0.2) is 15.9 Å². The Morgan fingerprint density at radius 2 is 2.04 bits per heavy atom. The summed E-state index contributed by atoms with van der Waals surface area (Å²) in [6.45, 7) is 1.23. The van der Waals surface area contributed by atoms with E-state index in [1.165, 1.54) is 6.07 Å². The van der Waals surface area contributed by atoms with Crippen LogP contribution in [0.5, 0.6) is 0 Å². The number of halogens is 3. The van der Waals surface area contributed by atoms with Crippen LogP contribution in [0, 0.1) is 0 Å². The van der Waals surface area contributed by atoms with E-state index >= 15 is 0 Å². The molecule has 1 aromatic heterocycles. The molecule has 6 nitrogen and oxygen atoms in total. The number of fused-ring (bicyclic) bond motifs is 1. The van der Waals surface area contributed by atoms with Crippen LogP contribution in [0.4, 0.5) is 24.8 Å². The van der Waals surface area contributed by atoms with Gasteiger partial charge >= 0.3 is 6.18 Å². The Labute approximate surface area is 128 Å². The molecule has 23 heavy (non-hydrogen) atoms. The summed E-state index contributed by atoms with van der Waals surface area (Å²) in [5.74, 6) is -0.791. The van der Waals surface area contributed by atoms with Crippen LogP contribution < -0.4 is 16.4 Å². The van der Waals surface area contributed by atoms with Gasteiger partial charge in [0.2, 0.25) is 11.9 Å². The highest BCUT2D eigenvalue weighted by atomic mass is 19.4. The number of primary amides is 1. The van der Waals surface area contributed by atoms with Gasteiger partial charge in [0.05, 0.1) is 11.3 Å². The number of rotatable bonds is 3. The molecule has 2 aromatic rings. The molecular weight excluding hydrogens is 311 g/mol. The molecule has 0 aliphatic carbocycles. The summed E-state index contributed by atoms with van der Waals surface area (Å²) in [6, 6.07) is 2.81. The lowest BCUT2D eigenvalue weighted by molar-refractivity contribution is -0.137. The Hall–Kier alpha value is -2.68. The first-order chi connectivity index (χ1) is 10.8. The first-order valence-corrected chi connectivity index (χ1v) is 6.67. The van der Waals surface area contributed by atoms with E-state index in [9.17, 15) is 18.0 Å². The van der Waals surface area contributed by atoms with Crippen molar-refractivity contribution < 1.29 is 18.0 Å². The Balaban J connectivity index is 1.95. The minimum atomic E-state index is -4.59. The molecule has 0 saturated heterocycles. The topological polar surface area (TPSA) is 92.9 Å². The summed E-state index contributed by atoms with van der Waals surface area (Å²) >= 11 is 0. The zero-order valence-electron chi connectivity index (χ0n) is 11.7. The second-order valence-electron chi connectivity index (χ2n) is 5.06. The van der Waals surface area contributed by atoms with Gasteiger partial charge in [-0.2, -0.15) is 13.2 Å². The fourth-order valence-electron chi connectivity index (χ4n) is 2.25. The summed E-state index contributed by atoms with van der Waals surface area (Å²) in [5, 5.41) is 5.78. The first kappa shape index (κ1) is 15.2. The molecule has 0 fully saturated rings. The Kier molecular flexibility index (Phi) is 3.64. The molecule has 1 aromatic carbocycles. The molecule has 1 amide bonds. The minimum absolute atomic E-state index is 0.0412. The molecule has 2 heterocycles. The molecule has 0 bridgehead atoms. The fraction of sp³-hybridized carbons (Fsp3) is 0.214. The Morgan fingerprint density at radius 3 is 2.74 bits per heavy atom. The Morgan fingerprint density at radius 1 is 1.26 bits per heavy atom. The molecule has 4 N–H and O–H groups in total. The van der Waals surface area contributed by atoms with Crippen LogP contribution in [0.2, 0.25) is 0 Å². The SMILES string of the molecule is NC(=O)c1cc(Nc2ncc3c(n2)CNC3)cc(C(F)(F)F)c1. The van der Waals surface area contributed by atoms with E-state index in [0.29, 0.717) is 19.2 Å². The predicted molar refractivity (Wildman–Crippen MR) is 75.8 cm³/mol. The first-order valence-electron chi connectivity index (χ1n) is 6.67. The fourth-order valence-corrected chi connectivity index (χ4v) is 2.25. The molecule has 1 aliphatic heterocycles. The normalized spacial score (nSPS) is 13.7. The van der Waals surface area contributed by atoms with Gasteiger partial charge in [-0.3, -0.25) is 4.79 Å². The van der Waals surface area contributed by atoms with E-state index < -0.39 is 17.6 Å². The third kappa shape index (κ3) is 3.24. The molecule has 1 aliphatic rings. The van der Waals surface area contributed by atoms with Crippen LogP contribution in [0.25, 0.3) is 0 Å². The van der Waals surface area contributed by atoms with Crippen molar-refractivity contribution in [2.75, 3.05) is 5.32 Å². The summed E-state index contributed by atoms with van der Waals surface area (Å²) in [6.07, 6.45) is -2.99. The zero-order valence-corrected chi connectivity index (χ0v) is 11.7. The number of carbonyl (C=O) groups is 1. The lowest BCUT2D eigenvalue weighted by atomic mass is 10.1. The molecule has 0 spiro atoms. The predicted octanol–water partition coefficient (Wildman–Crippen LogP) is 1.94. The summed E-state index contributed by atoms with van der Waals surface area (Å²) in [7, 11) is 0. The van der Waals surface area contributed by atoms with E-state index in [1.807, 2.05) is 0 Å². The highest BCUT2D eigenvalue weighted by Gasteiger charge is 2.31. The molecule has 0 radical (unpaired) electrons. The second kappa shape index (κ2) is 5.51. The molecule has 120 valence electrons. The zero-order chi connectivity index (χ0) is 16.6. The highest BCUT2D eigenvalue weighted by molar-refractivity contribution is 5.94. The van der Waals surface area contributed by atoms with E-state index in [4.69, 9.17) is 5.73 Å². The van der Waals surface area contributed by atoms with Crippen molar-refractivity contribution in [1.82, 2.24) is 15.3 Å². The number of nitrogens with one attached hydrogen (secondary N) is 2. The van der Waals surface area contributed by atoms with Crippen LogP contribution >= 0.6 is 0 Å². The van der Waals surface area contributed by atoms with Crippen molar-refractivity contribution in [1.29, 1.82) is 0 Å². The van der Waals surface area contributed by atoms with Crippen molar-refractivity contribution in [2.45, 2.75) is 19.3 Å². The maximum atomic E-state index is 12.9. The average molecular weight is 323 g/mol.